The maximum Gasteiger partial charge on any atom is 0.234 e. The Kier molecular flexibility index (Phi) is 6.82. The Hall–Kier alpha value is -2.33. The van der Waals surface area contributed by atoms with Gasteiger partial charge in [0.25, 0.3) is 0 Å². The molecule has 2 rings (SSSR count). The van der Waals surface area contributed by atoms with Crippen LogP contribution in [0, 0.1) is 13.8 Å². The molecule has 24 heavy (non-hydrogen) atoms. The van der Waals surface area contributed by atoms with Gasteiger partial charge in [-0.3, -0.25) is 9.69 Å². The molecule has 0 aliphatic rings. The highest BCUT2D eigenvalue weighted by atomic mass is 16.5. The quantitative estimate of drug-likeness (QED) is 0.759. The molecule has 2 aromatic rings. The molecule has 0 aromatic heterocycles. The van der Waals surface area contributed by atoms with Crippen molar-refractivity contribution in [3.05, 3.63) is 65.2 Å². The number of nitrogens with zero attached hydrogens (tertiary/aromatic N) is 1. The molecule has 4 heteroatoms. The number of hydrogen-bond acceptors (Lipinski definition) is 3. The van der Waals surface area contributed by atoms with Crippen molar-refractivity contribution < 1.29 is 9.53 Å². The average Bonchev–Trinajstić information content (AvgIpc) is 2.54. The normalized spacial score (nSPS) is 10.7. The smallest absolute Gasteiger partial charge is 0.234 e. The second-order valence-corrected chi connectivity index (χ2v) is 6.11. The lowest BCUT2D eigenvalue weighted by molar-refractivity contribution is -0.122. The Labute approximate surface area is 144 Å². The zero-order valence-electron chi connectivity index (χ0n) is 14.7. The molecule has 4 nitrogen and oxygen atoms in total. The lowest BCUT2D eigenvalue weighted by Gasteiger charge is -2.17. The van der Waals surface area contributed by atoms with Crippen LogP contribution in [-0.2, 0) is 11.3 Å². The van der Waals surface area contributed by atoms with E-state index in [-0.39, 0.29) is 5.91 Å². The maximum absolute atomic E-state index is 12.0. The number of rotatable bonds is 8. The molecule has 0 saturated heterocycles. The fourth-order valence-electron chi connectivity index (χ4n) is 2.50. The lowest BCUT2D eigenvalue weighted by atomic mass is 10.1. The third kappa shape index (κ3) is 6.05. The van der Waals surface area contributed by atoms with Crippen LogP contribution < -0.4 is 10.1 Å². The summed E-state index contributed by atoms with van der Waals surface area (Å²) in [7, 11) is 1.95. The van der Waals surface area contributed by atoms with Gasteiger partial charge in [0.15, 0.2) is 0 Å². The molecule has 0 heterocycles. The monoisotopic (exact) mass is 326 g/mol. The predicted molar refractivity (Wildman–Crippen MR) is 97.2 cm³/mol. The second-order valence-electron chi connectivity index (χ2n) is 6.11. The molecule has 0 atom stereocenters. The summed E-state index contributed by atoms with van der Waals surface area (Å²) in [5.74, 6) is 0.847. The van der Waals surface area contributed by atoms with Crippen molar-refractivity contribution in [3.63, 3.8) is 0 Å². The molecule has 0 unspecified atom stereocenters. The average molecular weight is 326 g/mol. The van der Waals surface area contributed by atoms with Crippen LogP contribution >= 0.6 is 0 Å². The van der Waals surface area contributed by atoms with Crippen molar-refractivity contribution in [2.75, 3.05) is 26.7 Å². The van der Waals surface area contributed by atoms with Crippen molar-refractivity contribution in [2.45, 2.75) is 20.4 Å². The van der Waals surface area contributed by atoms with Crippen molar-refractivity contribution in [3.8, 4) is 5.75 Å². The number of carbonyl (C=O) groups excluding carboxylic acids is 1. The number of nitrogens with one attached hydrogen (secondary N) is 1. The van der Waals surface area contributed by atoms with Crippen LogP contribution in [0.3, 0.4) is 0 Å². The second kappa shape index (κ2) is 9.08. The van der Waals surface area contributed by atoms with Gasteiger partial charge in [0, 0.05) is 6.54 Å². The van der Waals surface area contributed by atoms with Gasteiger partial charge in [0.1, 0.15) is 12.4 Å². The van der Waals surface area contributed by atoms with E-state index in [4.69, 9.17) is 4.74 Å². The van der Waals surface area contributed by atoms with Crippen molar-refractivity contribution in [1.82, 2.24) is 10.2 Å². The standard InChI is InChI=1S/C20H26N2O2/c1-16-7-6-10-19(13-16)24-12-11-21-20(23)15-22(3)14-18-9-5-4-8-17(18)2/h4-10,13H,11-12,14-15H2,1-3H3,(H,21,23). The fraction of sp³-hybridized carbons (Fsp3) is 0.350. The molecule has 0 radical (unpaired) electrons. The van der Waals surface area contributed by atoms with Crippen molar-refractivity contribution in [2.24, 2.45) is 0 Å². The first-order valence-electron chi connectivity index (χ1n) is 8.24. The summed E-state index contributed by atoms with van der Waals surface area (Å²) in [5.41, 5.74) is 3.65. The summed E-state index contributed by atoms with van der Waals surface area (Å²) in [5, 5.41) is 2.89. The number of amides is 1. The van der Waals surface area contributed by atoms with E-state index in [0.29, 0.717) is 19.7 Å². The van der Waals surface area contributed by atoms with Gasteiger partial charge in [0.2, 0.25) is 5.91 Å². The first-order valence-corrected chi connectivity index (χ1v) is 8.24. The SMILES string of the molecule is Cc1cccc(OCCNC(=O)CN(C)Cc2ccccc2C)c1. The van der Waals surface area contributed by atoms with Gasteiger partial charge >= 0.3 is 0 Å². The topological polar surface area (TPSA) is 41.6 Å². The van der Waals surface area contributed by atoms with E-state index in [1.807, 2.05) is 55.3 Å². The summed E-state index contributed by atoms with van der Waals surface area (Å²) in [6.07, 6.45) is 0. The molecule has 0 aliphatic heterocycles. The van der Waals surface area contributed by atoms with E-state index in [2.05, 4.69) is 24.4 Å². The number of ether oxygens (including phenoxy) is 1. The first kappa shape index (κ1) is 18.0. The van der Waals surface area contributed by atoms with Crippen LogP contribution in [0.1, 0.15) is 16.7 Å². The van der Waals surface area contributed by atoms with Crippen LogP contribution in [0.25, 0.3) is 0 Å². The van der Waals surface area contributed by atoms with Crippen LogP contribution in [0.4, 0.5) is 0 Å². The van der Waals surface area contributed by atoms with E-state index in [9.17, 15) is 4.79 Å². The number of hydrogen-bond donors (Lipinski definition) is 1. The molecule has 1 amide bonds. The number of aryl methyl sites for hydroxylation is 2. The van der Waals surface area contributed by atoms with Crippen molar-refractivity contribution >= 4 is 5.91 Å². The highest BCUT2D eigenvalue weighted by molar-refractivity contribution is 5.77. The molecule has 0 aliphatic carbocycles. The van der Waals surface area contributed by atoms with Crippen molar-refractivity contribution in [1.29, 1.82) is 0 Å². The molecule has 2 aromatic carbocycles. The summed E-state index contributed by atoms with van der Waals surface area (Å²) in [6.45, 7) is 6.23. The van der Waals surface area contributed by atoms with Gasteiger partial charge in [-0.1, -0.05) is 36.4 Å². The van der Waals surface area contributed by atoms with E-state index >= 15 is 0 Å². The fourth-order valence-corrected chi connectivity index (χ4v) is 2.50. The molecule has 0 saturated carbocycles. The molecule has 0 spiro atoms. The minimum atomic E-state index is 0.0129. The van der Waals surface area contributed by atoms with Gasteiger partial charge in [-0.25, -0.2) is 0 Å². The van der Waals surface area contributed by atoms with Crippen LogP contribution in [0.5, 0.6) is 5.75 Å². The summed E-state index contributed by atoms with van der Waals surface area (Å²) < 4.78 is 5.63. The largest absolute Gasteiger partial charge is 0.492 e. The summed E-state index contributed by atoms with van der Waals surface area (Å²) in [6, 6.07) is 16.1. The molecule has 0 bridgehead atoms. The Morgan fingerprint density at radius 2 is 1.92 bits per heavy atom. The Balaban J connectivity index is 1.66. The number of benzene rings is 2. The lowest BCUT2D eigenvalue weighted by Crippen LogP contribution is -2.36. The van der Waals surface area contributed by atoms with E-state index < -0.39 is 0 Å². The molecule has 128 valence electrons. The summed E-state index contributed by atoms with van der Waals surface area (Å²) in [4.78, 5) is 14.0. The van der Waals surface area contributed by atoms with E-state index in [1.54, 1.807) is 0 Å². The zero-order valence-corrected chi connectivity index (χ0v) is 14.7. The molecule has 1 N–H and O–H groups in total. The minimum Gasteiger partial charge on any atom is -0.492 e. The van der Waals surface area contributed by atoms with E-state index in [1.165, 1.54) is 11.1 Å². The minimum absolute atomic E-state index is 0.0129. The predicted octanol–water partition coefficient (Wildman–Crippen LogP) is 2.93. The van der Waals surface area contributed by atoms with Crippen LogP contribution in [0.2, 0.25) is 0 Å². The third-order valence-corrected chi connectivity index (χ3v) is 3.80. The summed E-state index contributed by atoms with van der Waals surface area (Å²) >= 11 is 0. The van der Waals surface area contributed by atoms with Crippen LogP contribution in [-0.4, -0.2) is 37.6 Å². The Bertz CT molecular complexity index is 670. The van der Waals surface area contributed by atoms with Crippen LogP contribution in [0.15, 0.2) is 48.5 Å². The number of likely N-dealkylation sites (N-methyl/N-ethyl adjacent to an activating group) is 1. The van der Waals surface area contributed by atoms with Gasteiger partial charge in [-0.05, 0) is 49.7 Å². The first-order chi connectivity index (χ1) is 11.5. The number of carbonyl (C=O) groups is 1. The Morgan fingerprint density at radius 1 is 1.12 bits per heavy atom. The van der Waals surface area contributed by atoms with Gasteiger partial charge in [0.05, 0.1) is 13.1 Å². The van der Waals surface area contributed by atoms with E-state index in [0.717, 1.165) is 17.9 Å². The molecular formula is C20H26N2O2. The third-order valence-electron chi connectivity index (χ3n) is 3.80. The Morgan fingerprint density at radius 3 is 2.67 bits per heavy atom. The van der Waals surface area contributed by atoms with Gasteiger partial charge in [-0.2, -0.15) is 0 Å². The highest BCUT2D eigenvalue weighted by Crippen LogP contribution is 2.12. The molecule has 0 fully saturated rings. The van der Waals surface area contributed by atoms with Gasteiger partial charge < -0.3 is 10.1 Å². The van der Waals surface area contributed by atoms with Gasteiger partial charge in [-0.15, -0.1) is 0 Å². The highest BCUT2D eigenvalue weighted by Gasteiger charge is 2.08. The zero-order chi connectivity index (χ0) is 17.4. The molecular weight excluding hydrogens is 300 g/mol. The maximum atomic E-state index is 12.0.